The first kappa shape index (κ1) is 13.8. The van der Waals surface area contributed by atoms with E-state index in [-0.39, 0.29) is 0 Å². The van der Waals surface area contributed by atoms with E-state index in [0.29, 0.717) is 5.92 Å². The topological polar surface area (TPSA) is 17.8 Å². The average molecular weight is 372 g/mol. The molecule has 0 saturated heterocycles. The predicted octanol–water partition coefficient (Wildman–Crippen LogP) is 4.39. The second-order valence-corrected chi connectivity index (χ2v) is 5.78. The lowest BCUT2D eigenvalue weighted by Crippen LogP contribution is -2.05. The zero-order chi connectivity index (χ0) is 13.0. The molecular weight excluding hydrogens is 356 g/mol. The van der Waals surface area contributed by atoms with E-state index in [0.717, 1.165) is 18.3 Å². The molecule has 1 unspecified atom stereocenters. The largest absolute Gasteiger partial charge is 0.273 e. The molecule has 18 heavy (non-hydrogen) atoms. The van der Waals surface area contributed by atoms with Gasteiger partial charge < -0.3 is 0 Å². The lowest BCUT2D eigenvalue weighted by molar-refractivity contribution is 0.658. The van der Waals surface area contributed by atoms with Gasteiger partial charge in [-0.15, -0.1) is 0 Å². The molecule has 1 atom stereocenters. The van der Waals surface area contributed by atoms with Crippen molar-refractivity contribution < 1.29 is 0 Å². The molecule has 0 saturated carbocycles. The van der Waals surface area contributed by atoms with Gasteiger partial charge in [-0.1, -0.05) is 50.1 Å². The number of aryl methyl sites for hydroxylation is 1. The molecule has 96 valence electrons. The summed E-state index contributed by atoms with van der Waals surface area (Å²) in [5.74, 6) is 0.468. The fraction of sp³-hybridized carbons (Fsp3) is 0.357. The van der Waals surface area contributed by atoms with Crippen molar-refractivity contribution in [3.63, 3.8) is 0 Å². The van der Waals surface area contributed by atoms with Crippen LogP contribution in [0.15, 0.2) is 41.1 Å². The van der Waals surface area contributed by atoms with E-state index >= 15 is 0 Å². The second-order valence-electron chi connectivity index (χ2n) is 4.28. The molecule has 1 aromatic heterocycles. The number of halogens is 2. The molecule has 2 rings (SSSR count). The zero-order valence-corrected chi connectivity index (χ0v) is 13.5. The molecule has 0 fully saturated rings. The zero-order valence-electron chi connectivity index (χ0n) is 10.3. The Morgan fingerprint density at radius 1 is 1.33 bits per heavy atom. The highest BCUT2D eigenvalue weighted by Crippen LogP contribution is 2.29. The molecule has 1 aromatic carbocycles. The van der Waals surface area contributed by atoms with Gasteiger partial charge in [-0.25, -0.2) is 0 Å². The SMILES string of the molecule is CCn1cc(CC(CBr)c2ccccc2Br)cn1. The van der Waals surface area contributed by atoms with Crippen LogP contribution in [0.1, 0.15) is 24.0 Å². The summed E-state index contributed by atoms with van der Waals surface area (Å²) >= 11 is 7.25. The highest BCUT2D eigenvalue weighted by atomic mass is 79.9. The Hall–Kier alpha value is -0.610. The lowest BCUT2D eigenvalue weighted by atomic mass is 9.95. The van der Waals surface area contributed by atoms with Crippen molar-refractivity contribution in [1.29, 1.82) is 0 Å². The third-order valence-electron chi connectivity index (χ3n) is 3.02. The number of aromatic nitrogens is 2. The van der Waals surface area contributed by atoms with Crippen molar-refractivity contribution >= 4 is 31.9 Å². The summed E-state index contributed by atoms with van der Waals surface area (Å²) in [4.78, 5) is 0. The maximum atomic E-state index is 4.33. The summed E-state index contributed by atoms with van der Waals surface area (Å²) in [5.41, 5.74) is 2.63. The molecule has 0 spiro atoms. The van der Waals surface area contributed by atoms with Gasteiger partial charge in [0.1, 0.15) is 0 Å². The minimum atomic E-state index is 0.468. The van der Waals surface area contributed by atoms with Gasteiger partial charge >= 0.3 is 0 Å². The number of hydrogen-bond donors (Lipinski definition) is 0. The molecule has 0 aliphatic carbocycles. The van der Waals surface area contributed by atoms with Crippen LogP contribution in [0.5, 0.6) is 0 Å². The maximum absolute atomic E-state index is 4.33. The monoisotopic (exact) mass is 370 g/mol. The van der Waals surface area contributed by atoms with E-state index in [4.69, 9.17) is 0 Å². The Kier molecular flexibility index (Phi) is 5.01. The van der Waals surface area contributed by atoms with Crippen LogP contribution < -0.4 is 0 Å². The van der Waals surface area contributed by atoms with E-state index in [1.165, 1.54) is 15.6 Å². The van der Waals surface area contributed by atoms with Crippen molar-refractivity contribution in [2.75, 3.05) is 5.33 Å². The number of hydrogen-bond acceptors (Lipinski definition) is 1. The van der Waals surface area contributed by atoms with Crippen LogP contribution >= 0.6 is 31.9 Å². The van der Waals surface area contributed by atoms with Gasteiger partial charge in [-0.05, 0) is 36.5 Å². The second kappa shape index (κ2) is 6.53. The highest BCUT2D eigenvalue weighted by Gasteiger charge is 2.14. The van der Waals surface area contributed by atoms with Gasteiger partial charge in [-0.3, -0.25) is 4.68 Å². The van der Waals surface area contributed by atoms with Gasteiger partial charge in [0.2, 0.25) is 0 Å². The highest BCUT2D eigenvalue weighted by molar-refractivity contribution is 9.10. The van der Waals surface area contributed by atoms with E-state index in [2.05, 4.69) is 68.3 Å². The molecule has 0 radical (unpaired) electrons. The van der Waals surface area contributed by atoms with Gasteiger partial charge in [0, 0.05) is 22.5 Å². The number of nitrogens with zero attached hydrogens (tertiary/aromatic N) is 2. The van der Waals surface area contributed by atoms with Crippen LogP contribution in [-0.4, -0.2) is 15.1 Å². The van der Waals surface area contributed by atoms with Crippen molar-refractivity contribution in [3.05, 3.63) is 52.3 Å². The minimum Gasteiger partial charge on any atom is -0.273 e. The Morgan fingerprint density at radius 3 is 2.72 bits per heavy atom. The first-order chi connectivity index (χ1) is 8.74. The third kappa shape index (κ3) is 3.23. The van der Waals surface area contributed by atoms with Crippen LogP contribution in [-0.2, 0) is 13.0 Å². The summed E-state index contributed by atoms with van der Waals surface area (Å²) < 4.78 is 3.15. The first-order valence-electron chi connectivity index (χ1n) is 6.06. The van der Waals surface area contributed by atoms with Crippen LogP contribution in [0, 0.1) is 0 Å². The normalized spacial score (nSPS) is 12.6. The number of rotatable bonds is 5. The summed E-state index contributed by atoms with van der Waals surface area (Å²) in [6.07, 6.45) is 5.11. The molecule has 4 heteroatoms. The van der Waals surface area contributed by atoms with Crippen LogP contribution in [0.4, 0.5) is 0 Å². The van der Waals surface area contributed by atoms with Crippen molar-refractivity contribution in [2.24, 2.45) is 0 Å². The molecule has 0 aliphatic rings. The lowest BCUT2D eigenvalue weighted by Gasteiger charge is -2.15. The fourth-order valence-corrected chi connectivity index (χ4v) is 3.21. The Labute approximate surface area is 125 Å². The first-order valence-corrected chi connectivity index (χ1v) is 7.97. The molecule has 2 nitrogen and oxygen atoms in total. The van der Waals surface area contributed by atoms with Gasteiger partial charge in [0.05, 0.1) is 6.20 Å². The average Bonchev–Trinajstić information content (AvgIpc) is 2.85. The summed E-state index contributed by atoms with van der Waals surface area (Å²) in [6, 6.07) is 8.42. The van der Waals surface area contributed by atoms with E-state index < -0.39 is 0 Å². The Balaban J connectivity index is 2.17. The smallest absolute Gasteiger partial charge is 0.0521 e. The quantitative estimate of drug-likeness (QED) is 0.713. The van der Waals surface area contributed by atoms with Crippen molar-refractivity contribution in [2.45, 2.75) is 25.8 Å². The fourth-order valence-electron chi connectivity index (χ4n) is 2.02. The maximum Gasteiger partial charge on any atom is 0.0521 e. The summed E-state index contributed by atoms with van der Waals surface area (Å²) in [5, 5.41) is 5.28. The van der Waals surface area contributed by atoms with E-state index in [1.807, 2.05) is 16.9 Å². The van der Waals surface area contributed by atoms with Crippen LogP contribution in [0.25, 0.3) is 0 Å². The Bertz CT molecular complexity index is 508. The van der Waals surface area contributed by atoms with Crippen molar-refractivity contribution in [1.82, 2.24) is 9.78 Å². The molecule has 0 amide bonds. The van der Waals surface area contributed by atoms with Gasteiger partial charge in [0.15, 0.2) is 0 Å². The number of benzene rings is 1. The summed E-state index contributed by atoms with van der Waals surface area (Å²) in [6.45, 7) is 3.03. The van der Waals surface area contributed by atoms with Gasteiger partial charge in [0.25, 0.3) is 0 Å². The van der Waals surface area contributed by atoms with Crippen LogP contribution in [0.2, 0.25) is 0 Å². The van der Waals surface area contributed by atoms with Crippen molar-refractivity contribution in [3.8, 4) is 0 Å². The molecule has 0 bridgehead atoms. The van der Waals surface area contributed by atoms with E-state index in [9.17, 15) is 0 Å². The van der Waals surface area contributed by atoms with E-state index in [1.54, 1.807) is 0 Å². The summed E-state index contributed by atoms with van der Waals surface area (Å²) in [7, 11) is 0. The standard InChI is InChI=1S/C14H16Br2N2/c1-2-18-10-11(9-17-18)7-12(8-15)13-5-3-4-6-14(13)16/h3-6,9-10,12H,2,7-8H2,1H3. The predicted molar refractivity (Wildman–Crippen MR) is 82.3 cm³/mol. The number of alkyl halides is 1. The van der Waals surface area contributed by atoms with Gasteiger partial charge in [-0.2, -0.15) is 5.10 Å². The third-order valence-corrected chi connectivity index (χ3v) is 4.53. The molecule has 0 aliphatic heterocycles. The molecule has 0 N–H and O–H groups in total. The molecule has 2 aromatic rings. The minimum absolute atomic E-state index is 0.468. The molecule has 1 heterocycles. The van der Waals surface area contributed by atoms with Crippen LogP contribution in [0.3, 0.4) is 0 Å². The Morgan fingerprint density at radius 2 is 2.11 bits per heavy atom. The molecular formula is C14H16Br2N2.